The first-order chi connectivity index (χ1) is 9.66. The highest BCUT2D eigenvalue weighted by atomic mass is 16.6. The summed E-state index contributed by atoms with van der Waals surface area (Å²) in [5.41, 5.74) is -1.87. The molecule has 0 bridgehead atoms. The Hall–Kier alpha value is -1.59. The van der Waals surface area contributed by atoms with E-state index in [4.69, 9.17) is 9.47 Å². The Kier molecular flexibility index (Phi) is 5.36. The van der Waals surface area contributed by atoms with Crippen LogP contribution in [0.5, 0.6) is 0 Å². The third kappa shape index (κ3) is 3.95. The van der Waals surface area contributed by atoms with Crippen LogP contribution in [-0.4, -0.2) is 48.0 Å². The summed E-state index contributed by atoms with van der Waals surface area (Å²) in [6.45, 7) is 9.29. The van der Waals surface area contributed by atoms with Gasteiger partial charge in [0.05, 0.1) is 6.61 Å². The van der Waals surface area contributed by atoms with Crippen LogP contribution in [0.2, 0.25) is 0 Å². The third-order valence-electron chi connectivity index (χ3n) is 3.52. The summed E-state index contributed by atoms with van der Waals surface area (Å²) < 4.78 is 10.4. The smallest absolute Gasteiger partial charge is 0.410 e. The van der Waals surface area contributed by atoms with E-state index in [2.05, 4.69) is 0 Å². The molecule has 0 aromatic heterocycles. The predicted octanol–water partition coefficient (Wildman–Crippen LogP) is 2.16. The van der Waals surface area contributed by atoms with Gasteiger partial charge in [-0.25, -0.2) is 4.79 Å². The minimum atomic E-state index is -1.26. The zero-order chi connectivity index (χ0) is 16.3. The lowest BCUT2D eigenvalue weighted by molar-refractivity contribution is -0.163. The molecule has 1 atom stereocenters. The number of ether oxygens (including phenoxy) is 2. The Labute approximate surface area is 125 Å². The zero-order valence-electron chi connectivity index (χ0n) is 13.5. The predicted molar refractivity (Wildman–Crippen MR) is 76.8 cm³/mol. The zero-order valence-corrected chi connectivity index (χ0v) is 13.5. The van der Waals surface area contributed by atoms with E-state index in [0.29, 0.717) is 6.42 Å². The molecule has 0 unspecified atom stereocenters. The van der Waals surface area contributed by atoms with Gasteiger partial charge in [0.15, 0.2) is 5.78 Å². The lowest BCUT2D eigenvalue weighted by Gasteiger charge is -2.39. The molecule has 0 aliphatic carbocycles. The lowest BCUT2D eigenvalue weighted by Crippen LogP contribution is -2.56. The number of hydrogen-bond donors (Lipinski definition) is 0. The molecule has 1 aliphatic heterocycles. The van der Waals surface area contributed by atoms with Gasteiger partial charge in [-0.15, -0.1) is 0 Å². The van der Waals surface area contributed by atoms with Crippen LogP contribution < -0.4 is 0 Å². The number of carbonyl (C=O) groups excluding carboxylic acids is 3. The van der Waals surface area contributed by atoms with Crippen molar-refractivity contribution >= 4 is 17.8 Å². The van der Waals surface area contributed by atoms with Crippen LogP contribution in [-0.2, 0) is 19.1 Å². The van der Waals surface area contributed by atoms with Crippen molar-refractivity contribution < 1.29 is 23.9 Å². The van der Waals surface area contributed by atoms with Crippen LogP contribution >= 0.6 is 0 Å². The van der Waals surface area contributed by atoms with Gasteiger partial charge in [-0.05, 0) is 34.1 Å². The number of Topliss-reactive ketones (excluding diaryl/α,β-unsaturated/α-hetero) is 1. The number of esters is 1. The van der Waals surface area contributed by atoms with Gasteiger partial charge < -0.3 is 14.4 Å². The van der Waals surface area contributed by atoms with Gasteiger partial charge in [-0.1, -0.05) is 6.92 Å². The molecule has 21 heavy (non-hydrogen) atoms. The molecule has 1 rings (SSSR count). The summed E-state index contributed by atoms with van der Waals surface area (Å²) in [5, 5.41) is 0. The maximum atomic E-state index is 12.2. The molecule has 1 fully saturated rings. The van der Waals surface area contributed by atoms with Crippen LogP contribution in [0, 0.1) is 5.41 Å². The minimum Gasteiger partial charge on any atom is -0.465 e. The van der Waals surface area contributed by atoms with Crippen LogP contribution in [0.3, 0.4) is 0 Å². The summed E-state index contributed by atoms with van der Waals surface area (Å²) in [4.78, 5) is 38.0. The maximum absolute atomic E-state index is 12.2. The first-order valence-corrected chi connectivity index (χ1v) is 7.34. The standard InChI is InChI=1S/C15H25NO5/c1-6-15(12(18)20-7-2)10-16(9-8-11(15)17)13(19)21-14(3,4)5/h6-10H2,1-5H3/t15-/m0/s1. The van der Waals surface area contributed by atoms with Crippen LogP contribution in [0.1, 0.15) is 47.5 Å². The number of rotatable bonds is 3. The molecule has 0 N–H and O–H groups in total. The topological polar surface area (TPSA) is 72.9 Å². The molecular weight excluding hydrogens is 274 g/mol. The summed E-state index contributed by atoms with van der Waals surface area (Å²) in [5.74, 6) is -0.714. The SMILES string of the molecule is CCOC(=O)[C@@]1(CC)CN(C(=O)OC(C)(C)C)CCC1=O. The number of piperidine rings is 1. The molecule has 1 amide bonds. The number of ketones is 1. The third-order valence-corrected chi connectivity index (χ3v) is 3.52. The average molecular weight is 299 g/mol. The summed E-state index contributed by atoms with van der Waals surface area (Å²) in [7, 11) is 0. The second kappa shape index (κ2) is 6.45. The molecule has 0 aromatic rings. The Balaban J connectivity index is 2.93. The fraction of sp³-hybridized carbons (Fsp3) is 0.800. The van der Waals surface area contributed by atoms with Crippen molar-refractivity contribution in [2.75, 3.05) is 19.7 Å². The fourth-order valence-corrected chi connectivity index (χ4v) is 2.35. The van der Waals surface area contributed by atoms with Crippen LogP contribution in [0.25, 0.3) is 0 Å². The number of nitrogens with zero attached hydrogens (tertiary/aromatic N) is 1. The van der Waals surface area contributed by atoms with E-state index in [1.54, 1.807) is 34.6 Å². The van der Waals surface area contributed by atoms with Gasteiger partial charge in [0, 0.05) is 19.5 Å². The van der Waals surface area contributed by atoms with Crippen molar-refractivity contribution in [3.8, 4) is 0 Å². The van der Waals surface area contributed by atoms with E-state index < -0.39 is 23.1 Å². The van der Waals surface area contributed by atoms with Crippen molar-refractivity contribution in [1.29, 1.82) is 0 Å². The van der Waals surface area contributed by atoms with Crippen LogP contribution in [0.4, 0.5) is 4.79 Å². The van der Waals surface area contributed by atoms with Gasteiger partial charge in [0.2, 0.25) is 0 Å². The van der Waals surface area contributed by atoms with Gasteiger partial charge in [-0.3, -0.25) is 9.59 Å². The molecule has 0 radical (unpaired) electrons. The van der Waals surface area contributed by atoms with E-state index >= 15 is 0 Å². The highest BCUT2D eigenvalue weighted by Crippen LogP contribution is 2.32. The monoisotopic (exact) mass is 299 g/mol. The highest BCUT2D eigenvalue weighted by molar-refractivity contribution is 6.05. The average Bonchev–Trinajstić information content (AvgIpc) is 2.37. The van der Waals surface area contributed by atoms with E-state index in [0.717, 1.165) is 0 Å². The lowest BCUT2D eigenvalue weighted by atomic mass is 9.76. The molecule has 1 heterocycles. The van der Waals surface area contributed by atoms with Gasteiger partial charge in [-0.2, -0.15) is 0 Å². The van der Waals surface area contributed by atoms with E-state index in [1.165, 1.54) is 4.90 Å². The second-order valence-electron chi connectivity index (χ2n) is 6.23. The van der Waals surface area contributed by atoms with Crippen molar-refractivity contribution in [3.63, 3.8) is 0 Å². The Morgan fingerprint density at radius 1 is 1.29 bits per heavy atom. The fourth-order valence-electron chi connectivity index (χ4n) is 2.35. The summed E-state index contributed by atoms with van der Waals surface area (Å²) in [6, 6.07) is 0. The van der Waals surface area contributed by atoms with E-state index in [-0.39, 0.29) is 31.9 Å². The molecule has 0 saturated carbocycles. The van der Waals surface area contributed by atoms with Crippen molar-refractivity contribution in [2.24, 2.45) is 5.41 Å². The number of hydrogen-bond acceptors (Lipinski definition) is 5. The Morgan fingerprint density at radius 3 is 2.38 bits per heavy atom. The Bertz CT molecular complexity index is 426. The molecule has 0 aromatic carbocycles. The molecule has 120 valence electrons. The number of carbonyl (C=O) groups is 3. The molecule has 1 saturated heterocycles. The number of amides is 1. The van der Waals surface area contributed by atoms with Crippen molar-refractivity contribution in [1.82, 2.24) is 4.90 Å². The molecule has 6 nitrogen and oxygen atoms in total. The van der Waals surface area contributed by atoms with Crippen LogP contribution in [0.15, 0.2) is 0 Å². The van der Waals surface area contributed by atoms with Gasteiger partial charge >= 0.3 is 12.1 Å². The second-order valence-corrected chi connectivity index (χ2v) is 6.23. The van der Waals surface area contributed by atoms with E-state index in [1.807, 2.05) is 0 Å². The molecular formula is C15H25NO5. The highest BCUT2D eigenvalue weighted by Gasteiger charge is 2.50. The molecule has 0 spiro atoms. The molecule has 1 aliphatic rings. The first-order valence-electron chi connectivity index (χ1n) is 7.34. The summed E-state index contributed by atoms with van der Waals surface area (Å²) in [6.07, 6.45) is -0.0484. The largest absolute Gasteiger partial charge is 0.465 e. The first kappa shape index (κ1) is 17.5. The van der Waals surface area contributed by atoms with Crippen molar-refractivity contribution in [3.05, 3.63) is 0 Å². The minimum absolute atomic E-state index is 0.0239. The van der Waals surface area contributed by atoms with E-state index in [9.17, 15) is 14.4 Å². The summed E-state index contributed by atoms with van der Waals surface area (Å²) >= 11 is 0. The maximum Gasteiger partial charge on any atom is 0.410 e. The normalized spacial score (nSPS) is 22.9. The van der Waals surface area contributed by atoms with Gasteiger partial charge in [0.25, 0.3) is 0 Å². The van der Waals surface area contributed by atoms with Crippen molar-refractivity contribution in [2.45, 2.75) is 53.1 Å². The Morgan fingerprint density at radius 2 is 1.90 bits per heavy atom. The number of likely N-dealkylation sites (tertiary alicyclic amines) is 1. The van der Waals surface area contributed by atoms with Gasteiger partial charge in [0.1, 0.15) is 11.0 Å². The quantitative estimate of drug-likeness (QED) is 0.590. The molecule has 6 heteroatoms.